The summed E-state index contributed by atoms with van der Waals surface area (Å²) < 4.78 is 2.60. The van der Waals surface area contributed by atoms with Crippen LogP contribution in [0.25, 0.3) is 109 Å². The van der Waals surface area contributed by atoms with Crippen LogP contribution in [0.3, 0.4) is 0 Å². The van der Waals surface area contributed by atoms with E-state index in [0.29, 0.717) is 0 Å². The molecule has 0 aliphatic rings. The summed E-state index contributed by atoms with van der Waals surface area (Å²) in [6.45, 7) is 15.5. The van der Waals surface area contributed by atoms with Crippen LogP contribution < -0.4 is 0 Å². The highest BCUT2D eigenvalue weighted by atomic mass is 32.1. The molecule has 0 aliphatic carbocycles. The summed E-state index contributed by atoms with van der Waals surface area (Å²) in [5.74, 6) is 0. The molecule has 0 amide bonds. The molecule has 58 heavy (non-hydrogen) atoms. The lowest BCUT2D eigenvalue weighted by Crippen LogP contribution is -1.98. The maximum absolute atomic E-state index is 4.44. The van der Waals surface area contributed by atoms with Crippen LogP contribution in [-0.2, 0) is 0 Å². The summed E-state index contributed by atoms with van der Waals surface area (Å²) in [5.41, 5.74) is 17.8. The molecule has 10 rings (SSSR count). The molecular formula is C57H44S. The lowest BCUT2D eigenvalue weighted by atomic mass is 9.81. The average Bonchev–Trinajstić information content (AvgIpc) is 3.62. The molecule has 1 heterocycles. The van der Waals surface area contributed by atoms with Crippen molar-refractivity contribution < 1.29 is 0 Å². The minimum Gasteiger partial charge on any atom is -0.135 e. The molecule has 278 valence electrons. The second-order valence-corrected chi connectivity index (χ2v) is 16.7. The van der Waals surface area contributed by atoms with E-state index < -0.39 is 0 Å². The van der Waals surface area contributed by atoms with E-state index in [9.17, 15) is 0 Å². The first kappa shape index (κ1) is 35.8. The van der Waals surface area contributed by atoms with Crippen LogP contribution in [0, 0.1) is 27.7 Å². The zero-order chi connectivity index (χ0) is 39.7. The number of fused-ring (bicyclic) bond motifs is 6. The smallest absolute Gasteiger partial charge is 0.0434 e. The van der Waals surface area contributed by atoms with Gasteiger partial charge in [0.2, 0.25) is 0 Å². The third kappa shape index (κ3) is 5.41. The Morgan fingerprint density at radius 3 is 1.41 bits per heavy atom. The number of allylic oxidation sites excluding steroid dienone is 1. The van der Waals surface area contributed by atoms with Crippen LogP contribution in [0.1, 0.15) is 40.3 Å². The lowest BCUT2D eigenvalue weighted by Gasteiger charge is -2.22. The van der Waals surface area contributed by atoms with Gasteiger partial charge in [0.05, 0.1) is 0 Å². The second-order valence-electron chi connectivity index (χ2n) is 15.7. The summed E-state index contributed by atoms with van der Waals surface area (Å²) in [4.78, 5) is 0. The van der Waals surface area contributed by atoms with Gasteiger partial charge >= 0.3 is 0 Å². The lowest BCUT2D eigenvalue weighted by molar-refractivity contribution is 1.38. The Labute approximate surface area is 345 Å². The fraction of sp³-hybridized carbons (Fsp3) is 0.0877. The van der Waals surface area contributed by atoms with Crippen molar-refractivity contribution in [2.24, 2.45) is 0 Å². The molecule has 0 nitrogen and oxygen atoms in total. The van der Waals surface area contributed by atoms with E-state index in [0.717, 1.165) is 0 Å². The first-order valence-corrected chi connectivity index (χ1v) is 21.1. The molecule has 0 saturated heterocycles. The van der Waals surface area contributed by atoms with Gasteiger partial charge in [-0.3, -0.25) is 0 Å². The second kappa shape index (κ2) is 14.1. The molecule has 0 bridgehead atoms. The Bertz CT molecular complexity index is 3250. The van der Waals surface area contributed by atoms with Crippen LogP contribution in [0.5, 0.6) is 0 Å². The van der Waals surface area contributed by atoms with Gasteiger partial charge in [-0.25, -0.2) is 0 Å². The fourth-order valence-corrected chi connectivity index (χ4v) is 11.1. The van der Waals surface area contributed by atoms with Gasteiger partial charge in [-0.05, 0) is 151 Å². The minimum absolute atomic E-state index is 1.17. The van der Waals surface area contributed by atoms with Crippen LogP contribution in [-0.4, -0.2) is 0 Å². The third-order valence-corrected chi connectivity index (χ3v) is 13.5. The zero-order valence-corrected chi connectivity index (χ0v) is 34.5. The van der Waals surface area contributed by atoms with Crippen molar-refractivity contribution in [2.45, 2.75) is 34.6 Å². The SMILES string of the molecule is C=Cc1c(/C=C\C)c(-c2cccc3c2sc2ccc(-c4c5ccccc5c(-c5c(C)cccc5C)c5ccccc45)cc23)c2ccccc2c1-c1c(C)cccc1C. The molecule has 0 fully saturated rings. The first-order valence-electron chi connectivity index (χ1n) is 20.3. The van der Waals surface area contributed by atoms with Gasteiger partial charge < -0.3 is 0 Å². The Hall–Kier alpha value is -6.54. The van der Waals surface area contributed by atoms with Crippen LogP contribution in [0.15, 0.2) is 158 Å². The average molecular weight is 761 g/mol. The van der Waals surface area contributed by atoms with Crippen LogP contribution in [0.2, 0.25) is 0 Å². The van der Waals surface area contributed by atoms with Gasteiger partial charge in [-0.1, -0.05) is 158 Å². The summed E-state index contributed by atoms with van der Waals surface area (Å²) in [6, 6.07) is 54.3. The van der Waals surface area contributed by atoms with E-state index in [1.54, 1.807) is 0 Å². The van der Waals surface area contributed by atoms with Gasteiger partial charge in [-0.15, -0.1) is 11.3 Å². The molecule has 0 atom stereocenters. The summed E-state index contributed by atoms with van der Waals surface area (Å²) >= 11 is 1.90. The van der Waals surface area contributed by atoms with Crippen LogP contribution >= 0.6 is 11.3 Å². The van der Waals surface area contributed by atoms with Gasteiger partial charge in [0.15, 0.2) is 0 Å². The van der Waals surface area contributed by atoms with Crippen molar-refractivity contribution in [3.8, 4) is 44.5 Å². The molecule has 0 radical (unpaired) electrons. The Kier molecular flexibility index (Phi) is 8.73. The molecule has 0 aliphatic heterocycles. The number of thiophene rings is 1. The summed E-state index contributed by atoms with van der Waals surface area (Å²) in [5, 5.41) is 10.2. The minimum atomic E-state index is 1.17. The molecule has 0 unspecified atom stereocenters. The number of hydrogen-bond acceptors (Lipinski definition) is 1. The van der Waals surface area contributed by atoms with Gasteiger partial charge in [0.25, 0.3) is 0 Å². The van der Waals surface area contributed by atoms with Crippen molar-refractivity contribution in [3.63, 3.8) is 0 Å². The molecule has 0 N–H and O–H groups in total. The largest absolute Gasteiger partial charge is 0.135 e. The van der Waals surface area contributed by atoms with Crippen LogP contribution in [0.4, 0.5) is 0 Å². The number of benzene rings is 9. The molecule has 1 aromatic heterocycles. The molecule has 1 heteroatoms. The predicted molar refractivity (Wildman–Crippen MR) is 257 cm³/mol. The normalized spacial score (nSPS) is 11.9. The van der Waals surface area contributed by atoms with Gasteiger partial charge in [0.1, 0.15) is 0 Å². The number of hydrogen-bond donors (Lipinski definition) is 0. The van der Waals surface area contributed by atoms with E-state index in [1.165, 1.54) is 130 Å². The molecule has 9 aromatic carbocycles. The highest BCUT2D eigenvalue weighted by Crippen LogP contribution is 2.50. The quantitative estimate of drug-likeness (QED) is 0.148. The summed E-state index contributed by atoms with van der Waals surface area (Å²) in [6.07, 6.45) is 6.54. The standard InChI is InChI=1S/C57H44S/c1-7-18-40-39(8-2)55(51-34(3)19-15-20-35(51)4)46-28-14-11-25-43(46)54(40)48-30-17-29-47-49-33-38(31-32-50(49)58-57(47)48)53-41-23-9-12-26-44(41)56(45-27-13-10-24-42(45)53)52-36(5)21-16-22-37(52)6/h7-33H,2H2,1,3-6H3/b18-7-. The van der Waals surface area contributed by atoms with Crippen molar-refractivity contribution in [2.75, 3.05) is 0 Å². The topological polar surface area (TPSA) is 0 Å². The third-order valence-electron chi connectivity index (χ3n) is 12.3. The van der Waals surface area contributed by atoms with E-state index in [4.69, 9.17) is 0 Å². The summed E-state index contributed by atoms with van der Waals surface area (Å²) in [7, 11) is 0. The number of aryl methyl sites for hydroxylation is 4. The molecule has 0 saturated carbocycles. The highest BCUT2D eigenvalue weighted by Gasteiger charge is 2.24. The van der Waals surface area contributed by atoms with Crippen molar-refractivity contribution >= 4 is 76.0 Å². The Balaban J connectivity index is 1.25. The van der Waals surface area contributed by atoms with E-state index in [-0.39, 0.29) is 0 Å². The predicted octanol–water partition coefficient (Wildman–Crippen LogP) is 17.1. The fourth-order valence-electron chi connectivity index (χ4n) is 9.87. The highest BCUT2D eigenvalue weighted by molar-refractivity contribution is 7.26. The Morgan fingerprint density at radius 2 is 0.879 bits per heavy atom. The van der Waals surface area contributed by atoms with E-state index in [1.807, 2.05) is 11.3 Å². The van der Waals surface area contributed by atoms with Crippen molar-refractivity contribution in [1.29, 1.82) is 0 Å². The molecular weight excluding hydrogens is 717 g/mol. The number of rotatable bonds is 6. The first-order chi connectivity index (χ1) is 28.4. The molecule has 0 spiro atoms. The zero-order valence-electron chi connectivity index (χ0n) is 33.7. The maximum atomic E-state index is 4.44. The molecule has 10 aromatic rings. The maximum Gasteiger partial charge on any atom is 0.0434 e. The van der Waals surface area contributed by atoms with Gasteiger partial charge in [0, 0.05) is 25.7 Å². The van der Waals surface area contributed by atoms with Crippen molar-refractivity contribution in [1.82, 2.24) is 0 Å². The Morgan fingerprint density at radius 1 is 0.414 bits per heavy atom. The monoisotopic (exact) mass is 760 g/mol. The van der Waals surface area contributed by atoms with Gasteiger partial charge in [-0.2, -0.15) is 0 Å². The van der Waals surface area contributed by atoms with E-state index >= 15 is 0 Å². The van der Waals surface area contributed by atoms with E-state index in [2.05, 4.69) is 205 Å². The van der Waals surface area contributed by atoms with Crippen molar-refractivity contribution in [3.05, 3.63) is 192 Å².